The third kappa shape index (κ3) is 5.43. The van der Waals surface area contributed by atoms with Crippen molar-refractivity contribution < 1.29 is 14.0 Å². The van der Waals surface area contributed by atoms with Gasteiger partial charge in [0.2, 0.25) is 11.8 Å². The summed E-state index contributed by atoms with van der Waals surface area (Å²) in [6.07, 6.45) is 4.90. The summed E-state index contributed by atoms with van der Waals surface area (Å²) in [7, 11) is 0. The van der Waals surface area contributed by atoms with Crippen molar-refractivity contribution in [2.75, 3.05) is 10.6 Å². The van der Waals surface area contributed by atoms with Gasteiger partial charge >= 0.3 is 11.9 Å². The third-order valence-electron chi connectivity index (χ3n) is 5.35. The summed E-state index contributed by atoms with van der Waals surface area (Å²) in [6.45, 7) is 10.7. The maximum Gasteiger partial charge on any atom is 0.326 e. The van der Waals surface area contributed by atoms with Crippen LogP contribution in [0.3, 0.4) is 0 Å². The monoisotopic (exact) mass is 458 g/mol. The van der Waals surface area contributed by atoms with E-state index in [0.29, 0.717) is 12.2 Å². The first-order valence-electron chi connectivity index (χ1n) is 11.0. The molecule has 3 aromatic heterocycles. The number of carbonyl (C=O) groups is 1. The van der Waals surface area contributed by atoms with E-state index in [-0.39, 0.29) is 11.3 Å². The standard InChI is InChI=1S/C25H27N7O2/c1-16-23(17(2)28-15-27-16)19-8-6-18(7-9-19)13-32-14-22(34-31-32)30-24(33)29-20-10-11-26-21(12-20)25(3,4)5/h6-12,14-15H,13H2,1-5H3,(H-,26,29,30,31,33)/p+1. The average Bonchev–Trinajstić information content (AvgIpc) is 3.21. The van der Waals surface area contributed by atoms with E-state index in [2.05, 4.69) is 51.6 Å². The van der Waals surface area contributed by atoms with E-state index in [1.807, 2.05) is 44.2 Å². The molecule has 0 atom stereocenters. The Morgan fingerprint density at radius 1 is 1.00 bits per heavy atom. The van der Waals surface area contributed by atoms with Gasteiger partial charge in [-0.2, -0.15) is 0 Å². The molecular formula is C25H28N7O2+. The third-order valence-corrected chi connectivity index (χ3v) is 5.35. The van der Waals surface area contributed by atoms with E-state index in [9.17, 15) is 4.79 Å². The number of pyridine rings is 1. The summed E-state index contributed by atoms with van der Waals surface area (Å²) in [5.41, 5.74) is 6.46. The van der Waals surface area contributed by atoms with E-state index in [1.54, 1.807) is 29.5 Å². The number of aromatic nitrogens is 5. The van der Waals surface area contributed by atoms with Gasteiger partial charge in [-0.25, -0.2) is 14.8 Å². The molecule has 2 N–H and O–H groups in total. The van der Waals surface area contributed by atoms with Gasteiger partial charge in [0.05, 0.1) is 0 Å². The van der Waals surface area contributed by atoms with E-state index in [1.165, 1.54) is 0 Å². The normalized spacial score (nSPS) is 11.3. The first-order chi connectivity index (χ1) is 16.2. The van der Waals surface area contributed by atoms with Crippen molar-refractivity contribution in [1.29, 1.82) is 0 Å². The highest BCUT2D eigenvalue weighted by atomic mass is 16.5. The molecule has 0 radical (unpaired) electrons. The van der Waals surface area contributed by atoms with Crippen LogP contribution in [0.1, 0.15) is 43.4 Å². The van der Waals surface area contributed by atoms with Crippen molar-refractivity contribution in [2.24, 2.45) is 0 Å². The summed E-state index contributed by atoms with van der Waals surface area (Å²) < 4.78 is 6.88. The highest BCUT2D eigenvalue weighted by molar-refractivity contribution is 5.98. The summed E-state index contributed by atoms with van der Waals surface area (Å²) >= 11 is 0. The molecule has 0 aliphatic heterocycles. The van der Waals surface area contributed by atoms with Crippen LogP contribution in [0.5, 0.6) is 0 Å². The van der Waals surface area contributed by atoms with Crippen molar-refractivity contribution in [3.63, 3.8) is 0 Å². The lowest BCUT2D eigenvalue weighted by atomic mass is 9.91. The molecular weight excluding hydrogens is 430 g/mol. The topological polar surface area (TPSA) is 110 Å². The molecule has 3 heterocycles. The predicted molar refractivity (Wildman–Crippen MR) is 128 cm³/mol. The lowest BCUT2D eigenvalue weighted by Crippen LogP contribution is -2.35. The van der Waals surface area contributed by atoms with Crippen molar-refractivity contribution in [1.82, 2.24) is 20.2 Å². The second kappa shape index (κ2) is 9.38. The lowest BCUT2D eigenvalue weighted by Gasteiger charge is -2.18. The van der Waals surface area contributed by atoms with Crippen LogP contribution in [-0.2, 0) is 12.0 Å². The van der Waals surface area contributed by atoms with E-state index >= 15 is 0 Å². The maximum atomic E-state index is 12.4. The molecule has 174 valence electrons. The Morgan fingerprint density at radius 2 is 1.71 bits per heavy atom. The molecule has 0 aliphatic rings. The molecule has 0 saturated heterocycles. The van der Waals surface area contributed by atoms with E-state index < -0.39 is 6.03 Å². The number of nitrogens with zero attached hydrogens (tertiary/aromatic N) is 5. The molecule has 0 saturated carbocycles. The van der Waals surface area contributed by atoms with Crippen molar-refractivity contribution >= 4 is 17.6 Å². The van der Waals surface area contributed by atoms with Gasteiger partial charge < -0.3 is 5.32 Å². The quantitative estimate of drug-likeness (QED) is 0.429. The Bertz CT molecular complexity index is 1290. The molecule has 0 aliphatic carbocycles. The van der Waals surface area contributed by atoms with Gasteiger partial charge in [-0.15, -0.1) is 0 Å². The SMILES string of the molecule is Cc1ncnc(C)c1-c1ccc(C[n+]2cc(NC(=O)Nc3ccnc(C(C)(C)C)c3)on2)cc1. The molecule has 9 heteroatoms. The minimum Gasteiger partial charge on any atom is -0.308 e. The van der Waals surface area contributed by atoms with Crippen LogP contribution in [0.15, 0.2) is 59.6 Å². The van der Waals surface area contributed by atoms with Crippen LogP contribution in [0, 0.1) is 13.8 Å². The Morgan fingerprint density at radius 3 is 2.38 bits per heavy atom. The van der Waals surface area contributed by atoms with Gasteiger partial charge in [-0.1, -0.05) is 45.0 Å². The summed E-state index contributed by atoms with van der Waals surface area (Å²) in [5.74, 6) is 0.243. The highest BCUT2D eigenvalue weighted by Crippen LogP contribution is 2.25. The zero-order valence-corrected chi connectivity index (χ0v) is 20.0. The highest BCUT2D eigenvalue weighted by Gasteiger charge is 2.18. The molecule has 9 nitrogen and oxygen atoms in total. The molecule has 4 aromatic rings. The first kappa shape index (κ1) is 23.0. The fourth-order valence-electron chi connectivity index (χ4n) is 3.58. The van der Waals surface area contributed by atoms with Crippen LogP contribution in [0.25, 0.3) is 11.1 Å². The lowest BCUT2D eigenvalue weighted by molar-refractivity contribution is -0.754. The second-order valence-corrected chi connectivity index (χ2v) is 9.14. The number of nitrogens with one attached hydrogen (secondary N) is 2. The smallest absolute Gasteiger partial charge is 0.308 e. The molecule has 1 aromatic carbocycles. The Hall–Kier alpha value is -4.14. The van der Waals surface area contributed by atoms with E-state index in [0.717, 1.165) is 33.8 Å². The van der Waals surface area contributed by atoms with E-state index in [4.69, 9.17) is 4.52 Å². The second-order valence-electron chi connectivity index (χ2n) is 9.14. The van der Waals surface area contributed by atoms with Gasteiger partial charge in [0.1, 0.15) is 6.33 Å². The van der Waals surface area contributed by atoms with Crippen LogP contribution < -0.4 is 15.3 Å². The number of carbonyl (C=O) groups excluding carboxylic acids is 1. The average molecular weight is 459 g/mol. The molecule has 0 bridgehead atoms. The van der Waals surface area contributed by atoms with Crippen molar-refractivity contribution in [2.45, 2.75) is 46.6 Å². The number of hydrogen-bond acceptors (Lipinski definition) is 6. The number of rotatable bonds is 5. The minimum absolute atomic E-state index is 0.116. The minimum atomic E-state index is -0.422. The number of benzene rings is 1. The Kier molecular flexibility index (Phi) is 6.36. The summed E-state index contributed by atoms with van der Waals surface area (Å²) in [4.78, 5) is 25.3. The fourth-order valence-corrected chi connectivity index (χ4v) is 3.58. The zero-order valence-electron chi connectivity index (χ0n) is 20.0. The van der Waals surface area contributed by atoms with Crippen LogP contribution in [0.4, 0.5) is 16.4 Å². The first-order valence-corrected chi connectivity index (χ1v) is 11.0. The number of hydrogen-bond donors (Lipinski definition) is 2. The summed E-state index contributed by atoms with van der Waals surface area (Å²) in [5, 5.41) is 9.45. The largest absolute Gasteiger partial charge is 0.326 e. The van der Waals surface area contributed by atoms with Gasteiger partial charge in [0, 0.05) is 45.5 Å². The molecule has 4 rings (SSSR count). The van der Waals surface area contributed by atoms with Crippen LogP contribution in [-0.4, -0.2) is 26.3 Å². The Labute approximate surface area is 198 Å². The maximum absolute atomic E-state index is 12.4. The molecule has 0 unspecified atom stereocenters. The number of aryl methyl sites for hydroxylation is 2. The van der Waals surface area contributed by atoms with Crippen LogP contribution in [0.2, 0.25) is 0 Å². The molecule has 0 spiro atoms. The Balaban J connectivity index is 1.38. The molecule has 0 fully saturated rings. The number of urea groups is 1. The predicted octanol–water partition coefficient (Wildman–Crippen LogP) is 4.42. The molecule has 2 amide bonds. The molecule has 34 heavy (non-hydrogen) atoms. The fraction of sp³-hybridized carbons (Fsp3) is 0.280. The number of amides is 2. The van der Waals surface area contributed by atoms with Gasteiger partial charge in [0.25, 0.3) is 6.20 Å². The van der Waals surface area contributed by atoms with Crippen molar-refractivity contribution in [3.05, 3.63) is 77.8 Å². The zero-order chi connectivity index (χ0) is 24.3. The van der Waals surface area contributed by atoms with Gasteiger partial charge in [-0.05, 0) is 36.2 Å². The van der Waals surface area contributed by atoms with Gasteiger partial charge in [-0.3, -0.25) is 14.8 Å². The van der Waals surface area contributed by atoms with Gasteiger partial charge in [0.15, 0.2) is 0 Å². The van der Waals surface area contributed by atoms with Crippen molar-refractivity contribution in [3.8, 4) is 11.1 Å². The number of anilines is 2. The summed E-state index contributed by atoms with van der Waals surface area (Å²) in [6, 6.07) is 11.3. The van der Waals surface area contributed by atoms with Crippen LogP contribution >= 0.6 is 0 Å².